The van der Waals surface area contributed by atoms with Gasteiger partial charge in [-0.1, -0.05) is 53.2 Å². The third-order valence-corrected chi connectivity index (χ3v) is 6.82. The molecular weight excluding hydrogens is 490 g/mol. The highest BCUT2D eigenvalue weighted by molar-refractivity contribution is 5.94. The third kappa shape index (κ3) is 9.96. The largest absolute Gasteiger partial charge is 0.508 e. The molecule has 10 nitrogen and oxygen atoms in total. The fraction of sp³-hybridized carbons (Fsp3) is 0.643. The molecule has 212 valence electrons. The van der Waals surface area contributed by atoms with Crippen molar-refractivity contribution in [3.05, 3.63) is 29.8 Å². The van der Waals surface area contributed by atoms with Gasteiger partial charge in [0.25, 0.3) is 0 Å². The maximum Gasteiger partial charge on any atom is 0.326 e. The number of carbonyl (C=O) groups is 4. The number of nitrogens with one attached hydrogen (secondary N) is 3. The van der Waals surface area contributed by atoms with Crippen LogP contribution >= 0.6 is 0 Å². The number of carboxylic acid groups (broad SMARTS) is 1. The Morgan fingerprint density at radius 2 is 1.68 bits per heavy atom. The lowest BCUT2D eigenvalue weighted by Crippen LogP contribution is -2.58. The molecule has 0 radical (unpaired) electrons. The monoisotopic (exact) mass is 533 g/mol. The lowest BCUT2D eigenvalue weighted by atomic mass is 9.88. The minimum absolute atomic E-state index is 0.0751. The van der Waals surface area contributed by atoms with E-state index in [1.807, 2.05) is 27.7 Å². The summed E-state index contributed by atoms with van der Waals surface area (Å²) in [6.45, 7) is 10.1. The lowest BCUT2D eigenvalue weighted by Gasteiger charge is -2.28. The number of aromatic hydroxyl groups is 1. The molecule has 3 amide bonds. The molecule has 1 aliphatic rings. The van der Waals surface area contributed by atoms with Crippen LogP contribution in [0.1, 0.15) is 72.3 Å². The zero-order chi connectivity index (χ0) is 28.5. The summed E-state index contributed by atoms with van der Waals surface area (Å²) >= 11 is 0. The molecule has 0 aromatic heterocycles. The van der Waals surface area contributed by atoms with Gasteiger partial charge in [0, 0.05) is 13.0 Å². The molecule has 1 aromatic rings. The fourth-order valence-electron chi connectivity index (χ4n) is 4.18. The highest BCUT2D eigenvalue weighted by Crippen LogP contribution is 2.22. The van der Waals surface area contributed by atoms with Gasteiger partial charge < -0.3 is 30.9 Å². The molecule has 4 unspecified atom stereocenters. The molecule has 0 bridgehead atoms. The van der Waals surface area contributed by atoms with Crippen LogP contribution in [0.3, 0.4) is 0 Å². The molecule has 5 atom stereocenters. The topological polar surface area (TPSA) is 154 Å². The van der Waals surface area contributed by atoms with Crippen LogP contribution in [0.25, 0.3) is 0 Å². The predicted octanol–water partition coefficient (Wildman–Crippen LogP) is 2.53. The van der Waals surface area contributed by atoms with Crippen molar-refractivity contribution in [2.24, 2.45) is 11.3 Å². The maximum absolute atomic E-state index is 13.5. The van der Waals surface area contributed by atoms with Gasteiger partial charge in [0.15, 0.2) is 0 Å². The second kappa shape index (κ2) is 14.1. The van der Waals surface area contributed by atoms with Gasteiger partial charge in [-0.2, -0.15) is 0 Å². The summed E-state index contributed by atoms with van der Waals surface area (Å²) in [5.74, 6) is -2.90. The molecule has 1 aromatic carbocycles. The molecule has 1 heterocycles. The summed E-state index contributed by atoms with van der Waals surface area (Å²) in [5.41, 5.74) is 0.596. The molecule has 0 spiro atoms. The average Bonchev–Trinajstić information content (AvgIpc) is 3.39. The Balaban J connectivity index is 2.20. The third-order valence-electron chi connectivity index (χ3n) is 6.82. The Bertz CT molecular complexity index is 952. The Hall–Kier alpha value is -3.14. The Kier molecular flexibility index (Phi) is 11.6. The summed E-state index contributed by atoms with van der Waals surface area (Å²) in [6, 6.07) is 3.20. The van der Waals surface area contributed by atoms with Crippen LogP contribution in [0, 0.1) is 11.3 Å². The molecule has 1 saturated heterocycles. The number of amides is 3. The van der Waals surface area contributed by atoms with E-state index in [-0.39, 0.29) is 29.9 Å². The van der Waals surface area contributed by atoms with Gasteiger partial charge in [0.1, 0.15) is 30.0 Å². The number of carboxylic acids is 1. The normalized spacial score (nSPS) is 18.6. The van der Waals surface area contributed by atoms with E-state index in [1.165, 1.54) is 12.1 Å². The fourth-order valence-corrected chi connectivity index (χ4v) is 4.18. The zero-order valence-corrected chi connectivity index (χ0v) is 23.1. The van der Waals surface area contributed by atoms with Crippen molar-refractivity contribution in [2.75, 3.05) is 6.61 Å². The number of phenols is 1. The molecule has 2 rings (SSSR count). The minimum Gasteiger partial charge on any atom is -0.508 e. The second-order valence-corrected chi connectivity index (χ2v) is 11.3. The highest BCUT2D eigenvalue weighted by atomic mass is 16.5. The van der Waals surface area contributed by atoms with Crippen LogP contribution in [-0.4, -0.2) is 64.7 Å². The van der Waals surface area contributed by atoms with Crippen molar-refractivity contribution in [2.45, 2.75) is 97.4 Å². The van der Waals surface area contributed by atoms with E-state index in [4.69, 9.17) is 4.74 Å². The Labute approximate surface area is 224 Å². The van der Waals surface area contributed by atoms with Crippen LogP contribution in [0.2, 0.25) is 0 Å². The van der Waals surface area contributed by atoms with E-state index in [2.05, 4.69) is 16.0 Å². The number of ether oxygens (including phenoxy) is 1. The van der Waals surface area contributed by atoms with Crippen molar-refractivity contribution < 1.29 is 34.1 Å². The SMILES string of the molecule is CCC(C)C(NC(=O)C(Cc1ccc(O)cc1)NC(=O)[C@H]1CCCO1)C(=O)NC(CCC(C)(C)C)C(=O)O. The first kappa shape index (κ1) is 31.1. The van der Waals surface area contributed by atoms with Gasteiger partial charge in [-0.15, -0.1) is 0 Å². The first-order valence-corrected chi connectivity index (χ1v) is 13.3. The standard InChI is InChI=1S/C28H43N3O7/c1-6-17(2)23(26(35)29-20(27(36)37)13-14-28(3,4)5)31-24(33)21(16-18-9-11-19(32)12-10-18)30-25(34)22-8-7-15-38-22/h9-12,17,20-23,32H,6-8,13-16H2,1-5H3,(H,29,35)(H,30,34)(H,31,33)(H,36,37)/t17?,20?,21?,22-,23?/m1/s1. The van der Waals surface area contributed by atoms with Crippen molar-refractivity contribution >= 4 is 23.7 Å². The van der Waals surface area contributed by atoms with E-state index >= 15 is 0 Å². The predicted molar refractivity (Wildman–Crippen MR) is 142 cm³/mol. The van der Waals surface area contributed by atoms with Gasteiger partial charge in [-0.25, -0.2) is 4.79 Å². The number of hydrogen-bond donors (Lipinski definition) is 5. The van der Waals surface area contributed by atoms with Crippen LogP contribution in [0.15, 0.2) is 24.3 Å². The smallest absolute Gasteiger partial charge is 0.326 e. The van der Waals surface area contributed by atoms with Crippen LogP contribution < -0.4 is 16.0 Å². The molecule has 38 heavy (non-hydrogen) atoms. The summed E-state index contributed by atoms with van der Waals surface area (Å²) in [5, 5.41) is 27.4. The molecular formula is C28H43N3O7. The van der Waals surface area contributed by atoms with E-state index in [0.29, 0.717) is 31.4 Å². The molecule has 10 heteroatoms. The highest BCUT2D eigenvalue weighted by Gasteiger charge is 2.34. The van der Waals surface area contributed by atoms with Gasteiger partial charge in [0.2, 0.25) is 17.7 Å². The van der Waals surface area contributed by atoms with Gasteiger partial charge in [-0.3, -0.25) is 14.4 Å². The average molecular weight is 534 g/mol. The number of benzene rings is 1. The number of aliphatic carboxylic acids is 1. The molecule has 1 fully saturated rings. The van der Waals surface area contributed by atoms with E-state index in [9.17, 15) is 29.4 Å². The summed E-state index contributed by atoms with van der Waals surface area (Å²) in [6.07, 6.45) is 2.20. The summed E-state index contributed by atoms with van der Waals surface area (Å²) in [4.78, 5) is 51.3. The van der Waals surface area contributed by atoms with E-state index in [1.54, 1.807) is 19.1 Å². The molecule has 0 saturated carbocycles. The summed E-state index contributed by atoms with van der Waals surface area (Å²) < 4.78 is 5.45. The second-order valence-electron chi connectivity index (χ2n) is 11.3. The lowest BCUT2D eigenvalue weighted by molar-refractivity contribution is -0.143. The number of rotatable bonds is 13. The zero-order valence-electron chi connectivity index (χ0n) is 23.1. The van der Waals surface area contributed by atoms with E-state index in [0.717, 1.165) is 6.42 Å². The minimum atomic E-state index is -1.13. The van der Waals surface area contributed by atoms with Gasteiger partial charge in [0.05, 0.1) is 0 Å². The van der Waals surface area contributed by atoms with Crippen molar-refractivity contribution in [1.29, 1.82) is 0 Å². The van der Waals surface area contributed by atoms with Crippen molar-refractivity contribution in [3.63, 3.8) is 0 Å². The number of hydrogen-bond acceptors (Lipinski definition) is 6. The van der Waals surface area contributed by atoms with Crippen LogP contribution in [0.5, 0.6) is 5.75 Å². The number of carbonyl (C=O) groups excluding carboxylic acids is 3. The Morgan fingerprint density at radius 3 is 2.21 bits per heavy atom. The first-order valence-electron chi connectivity index (χ1n) is 13.3. The van der Waals surface area contributed by atoms with Crippen LogP contribution in [-0.2, 0) is 30.3 Å². The van der Waals surface area contributed by atoms with Crippen molar-refractivity contribution in [3.8, 4) is 5.75 Å². The summed E-state index contributed by atoms with van der Waals surface area (Å²) in [7, 11) is 0. The van der Waals surface area contributed by atoms with E-state index < -0.39 is 47.9 Å². The molecule has 0 aliphatic carbocycles. The first-order chi connectivity index (χ1) is 17.8. The maximum atomic E-state index is 13.5. The molecule has 1 aliphatic heterocycles. The number of phenolic OH excluding ortho intramolecular Hbond substituents is 1. The van der Waals surface area contributed by atoms with Crippen molar-refractivity contribution in [1.82, 2.24) is 16.0 Å². The Morgan fingerprint density at radius 1 is 1.03 bits per heavy atom. The quantitative estimate of drug-likeness (QED) is 0.261. The van der Waals surface area contributed by atoms with Gasteiger partial charge >= 0.3 is 5.97 Å². The van der Waals surface area contributed by atoms with Crippen LogP contribution in [0.4, 0.5) is 0 Å². The molecule has 5 N–H and O–H groups in total. The van der Waals surface area contributed by atoms with Gasteiger partial charge in [-0.05, 0) is 54.7 Å².